The van der Waals surface area contributed by atoms with E-state index >= 15 is 0 Å². The van der Waals surface area contributed by atoms with Crippen LogP contribution in [0.25, 0.3) is 11.1 Å². The number of rotatable bonds is 6. The number of aryl methyl sites for hydroxylation is 4. The Hall–Kier alpha value is -3.14. The summed E-state index contributed by atoms with van der Waals surface area (Å²) in [5.41, 5.74) is 8.17. The molecule has 2 aromatic carbocycles. The molecule has 1 aliphatic heterocycles. The van der Waals surface area contributed by atoms with Crippen LogP contribution in [-0.4, -0.2) is 17.6 Å². The molecule has 4 rings (SSSR count). The molecule has 1 atom stereocenters. The minimum atomic E-state index is -0.179. The summed E-state index contributed by atoms with van der Waals surface area (Å²) >= 11 is 0. The lowest BCUT2D eigenvalue weighted by Crippen LogP contribution is -2.17. The maximum atomic E-state index is 11.6. The van der Waals surface area contributed by atoms with Gasteiger partial charge in [0.2, 0.25) is 0 Å². The average molecular weight is 416 g/mol. The summed E-state index contributed by atoms with van der Waals surface area (Å²) in [6.45, 7) is 6.55. The Kier molecular flexibility index (Phi) is 6.36. The molecule has 4 nitrogen and oxygen atoms in total. The Morgan fingerprint density at radius 3 is 2.65 bits per heavy atom. The molecule has 0 saturated carbocycles. The standard InChI is InChI=1S/C27H29NO3/c1-4-30-26(29)16-12-22-11-14-25-23(28-22)13-15-24(31-25)20-9-6-10-21(17-20)27-18(2)7-5-8-19(27)3/h5-11,14,17,24H,4,12-13,15-16H2,1-3H3. The highest BCUT2D eigenvalue weighted by Crippen LogP contribution is 2.36. The van der Waals surface area contributed by atoms with Crippen molar-refractivity contribution in [3.8, 4) is 16.9 Å². The summed E-state index contributed by atoms with van der Waals surface area (Å²) in [5.74, 6) is 0.663. The fraction of sp³-hybridized carbons (Fsp3) is 0.333. The van der Waals surface area contributed by atoms with Crippen LogP contribution in [0.4, 0.5) is 0 Å². The van der Waals surface area contributed by atoms with Crippen LogP contribution in [0.2, 0.25) is 0 Å². The van der Waals surface area contributed by atoms with E-state index in [2.05, 4.69) is 56.3 Å². The summed E-state index contributed by atoms with van der Waals surface area (Å²) in [5, 5.41) is 0. The number of aromatic nitrogens is 1. The van der Waals surface area contributed by atoms with Gasteiger partial charge in [-0.25, -0.2) is 0 Å². The smallest absolute Gasteiger partial charge is 0.306 e. The van der Waals surface area contributed by atoms with E-state index < -0.39 is 0 Å². The largest absolute Gasteiger partial charge is 0.484 e. The first-order chi connectivity index (χ1) is 15.0. The zero-order chi connectivity index (χ0) is 21.8. The molecule has 0 spiro atoms. The molecule has 1 aliphatic rings. The van der Waals surface area contributed by atoms with E-state index in [1.54, 1.807) is 0 Å². The molecule has 2 heterocycles. The molecule has 4 heteroatoms. The van der Waals surface area contributed by atoms with Gasteiger partial charge in [0.05, 0.1) is 18.7 Å². The monoisotopic (exact) mass is 415 g/mol. The first-order valence-corrected chi connectivity index (χ1v) is 11.0. The van der Waals surface area contributed by atoms with Gasteiger partial charge in [0.15, 0.2) is 0 Å². The average Bonchev–Trinajstić information content (AvgIpc) is 2.77. The Morgan fingerprint density at radius 1 is 1.10 bits per heavy atom. The number of esters is 1. The van der Waals surface area contributed by atoms with Crippen molar-refractivity contribution < 1.29 is 14.3 Å². The zero-order valence-corrected chi connectivity index (χ0v) is 18.5. The third kappa shape index (κ3) is 4.79. The van der Waals surface area contributed by atoms with Crippen LogP contribution in [0.1, 0.15) is 53.9 Å². The zero-order valence-electron chi connectivity index (χ0n) is 18.5. The van der Waals surface area contributed by atoms with Gasteiger partial charge in [-0.2, -0.15) is 0 Å². The number of pyridine rings is 1. The molecule has 1 aromatic heterocycles. The first-order valence-electron chi connectivity index (χ1n) is 11.0. The van der Waals surface area contributed by atoms with Crippen molar-refractivity contribution >= 4 is 5.97 Å². The highest BCUT2D eigenvalue weighted by atomic mass is 16.5. The second-order valence-electron chi connectivity index (χ2n) is 8.09. The van der Waals surface area contributed by atoms with Crippen molar-refractivity contribution in [1.82, 2.24) is 4.98 Å². The van der Waals surface area contributed by atoms with Crippen molar-refractivity contribution in [2.75, 3.05) is 6.61 Å². The lowest BCUT2D eigenvalue weighted by atomic mass is 9.92. The van der Waals surface area contributed by atoms with Crippen molar-refractivity contribution in [2.45, 2.75) is 52.6 Å². The summed E-state index contributed by atoms with van der Waals surface area (Å²) in [7, 11) is 0. The van der Waals surface area contributed by atoms with Gasteiger partial charge in [-0.15, -0.1) is 0 Å². The molecule has 0 N–H and O–H groups in total. The van der Waals surface area contributed by atoms with Crippen LogP contribution < -0.4 is 4.74 Å². The molecule has 0 fully saturated rings. The second-order valence-corrected chi connectivity index (χ2v) is 8.09. The van der Waals surface area contributed by atoms with Crippen LogP contribution in [0.3, 0.4) is 0 Å². The molecule has 0 aliphatic carbocycles. The molecule has 0 saturated heterocycles. The fourth-order valence-electron chi connectivity index (χ4n) is 4.30. The Labute approximate surface area is 184 Å². The molecule has 0 amide bonds. The number of hydrogen-bond acceptors (Lipinski definition) is 4. The van der Waals surface area contributed by atoms with Crippen molar-refractivity contribution in [3.05, 3.63) is 82.7 Å². The molecule has 31 heavy (non-hydrogen) atoms. The third-order valence-corrected chi connectivity index (χ3v) is 5.82. The molecular formula is C27H29NO3. The third-order valence-electron chi connectivity index (χ3n) is 5.82. The predicted octanol–water partition coefficient (Wildman–Crippen LogP) is 5.93. The first kappa shape index (κ1) is 21.1. The van der Waals surface area contributed by atoms with Crippen molar-refractivity contribution in [2.24, 2.45) is 0 Å². The van der Waals surface area contributed by atoms with E-state index in [0.29, 0.717) is 19.4 Å². The van der Waals surface area contributed by atoms with Gasteiger partial charge in [0, 0.05) is 12.1 Å². The summed E-state index contributed by atoms with van der Waals surface area (Å²) in [6.07, 6.45) is 2.71. The lowest BCUT2D eigenvalue weighted by molar-refractivity contribution is -0.143. The van der Waals surface area contributed by atoms with E-state index in [0.717, 1.165) is 30.0 Å². The van der Waals surface area contributed by atoms with Crippen LogP contribution in [0.15, 0.2) is 54.6 Å². The number of nitrogens with zero attached hydrogens (tertiary/aromatic N) is 1. The van der Waals surface area contributed by atoms with E-state index in [9.17, 15) is 4.79 Å². The fourth-order valence-corrected chi connectivity index (χ4v) is 4.30. The van der Waals surface area contributed by atoms with Gasteiger partial charge in [0.1, 0.15) is 11.9 Å². The molecule has 3 aromatic rings. The molecule has 0 radical (unpaired) electrons. The minimum Gasteiger partial charge on any atom is -0.484 e. The van der Waals surface area contributed by atoms with Crippen LogP contribution >= 0.6 is 0 Å². The van der Waals surface area contributed by atoms with Crippen molar-refractivity contribution in [3.63, 3.8) is 0 Å². The van der Waals surface area contributed by atoms with Crippen LogP contribution in [-0.2, 0) is 22.4 Å². The van der Waals surface area contributed by atoms with Crippen LogP contribution in [0, 0.1) is 13.8 Å². The normalized spacial score (nSPS) is 15.1. The van der Waals surface area contributed by atoms with E-state index in [1.807, 2.05) is 19.1 Å². The van der Waals surface area contributed by atoms with Gasteiger partial charge < -0.3 is 9.47 Å². The number of fused-ring (bicyclic) bond motifs is 1. The molecule has 1 unspecified atom stereocenters. The predicted molar refractivity (Wildman–Crippen MR) is 122 cm³/mol. The molecule has 160 valence electrons. The molecule has 0 bridgehead atoms. The number of hydrogen-bond donors (Lipinski definition) is 0. The summed E-state index contributed by atoms with van der Waals surface area (Å²) < 4.78 is 11.3. The highest BCUT2D eigenvalue weighted by molar-refractivity contribution is 5.71. The van der Waals surface area contributed by atoms with Crippen molar-refractivity contribution in [1.29, 1.82) is 0 Å². The topological polar surface area (TPSA) is 48.4 Å². The van der Waals surface area contributed by atoms with Gasteiger partial charge in [-0.05, 0) is 79.6 Å². The summed E-state index contributed by atoms with van der Waals surface area (Å²) in [4.78, 5) is 16.3. The second kappa shape index (κ2) is 9.34. The Balaban J connectivity index is 1.50. The van der Waals surface area contributed by atoms with E-state index in [-0.39, 0.29) is 12.1 Å². The molecular weight excluding hydrogens is 386 g/mol. The Bertz CT molecular complexity index is 1070. The number of carbonyl (C=O) groups excluding carboxylic acids is 1. The maximum absolute atomic E-state index is 11.6. The van der Waals surface area contributed by atoms with E-state index in [4.69, 9.17) is 14.5 Å². The lowest BCUT2D eigenvalue weighted by Gasteiger charge is -2.26. The maximum Gasteiger partial charge on any atom is 0.306 e. The van der Waals surface area contributed by atoms with E-state index in [1.165, 1.54) is 27.8 Å². The van der Waals surface area contributed by atoms with Crippen LogP contribution in [0.5, 0.6) is 5.75 Å². The highest BCUT2D eigenvalue weighted by Gasteiger charge is 2.23. The minimum absolute atomic E-state index is 0.0176. The van der Waals surface area contributed by atoms with Gasteiger partial charge in [-0.1, -0.05) is 36.4 Å². The summed E-state index contributed by atoms with van der Waals surface area (Å²) in [6, 6.07) is 19.1. The van der Waals surface area contributed by atoms with Gasteiger partial charge >= 0.3 is 5.97 Å². The van der Waals surface area contributed by atoms with Gasteiger partial charge in [-0.3, -0.25) is 9.78 Å². The number of benzene rings is 2. The SMILES string of the molecule is CCOC(=O)CCc1ccc2c(n1)CCC(c1cccc(-c3c(C)cccc3C)c1)O2. The Morgan fingerprint density at radius 2 is 1.87 bits per heavy atom. The van der Waals surface area contributed by atoms with Gasteiger partial charge in [0.25, 0.3) is 0 Å². The number of ether oxygens (including phenoxy) is 2. The number of carbonyl (C=O) groups is 1. The quantitative estimate of drug-likeness (QED) is 0.468.